The number of anilines is 2. The third-order valence-corrected chi connectivity index (χ3v) is 7.20. The number of rotatable bonds is 6. The molecule has 0 bridgehead atoms. The van der Waals surface area contributed by atoms with Crippen molar-refractivity contribution in [1.29, 1.82) is 0 Å². The highest BCUT2D eigenvalue weighted by Crippen LogP contribution is 2.42. The van der Waals surface area contributed by atoms with Crippen molar-refractivity contribution in [2.24, 2.45) is 0 Å². The summed E-state index contributed by atoms with van der Waals surface area (Å²) in [4.78, 5) is 44.0. The Hall–Kier alpha value is -4.80. The molecular formula is C28H28N8O3. The molecule has 1 atom stereocenters. The van der Waals surface area contributed by atoms with Crippen LogP contribution in [0.4, 0.5) is 11.5 Å². The maximum atomic E-state index is 13.6. The number of fused-ring (bicyclic) bond motifs is 1. The van der Waals surface area contributed by atoms with Gasteiger partial charge in [0.1, 0.15) is 23.7 Å². The molecule has 6 rings (SSSR count). The van der Waals surface area contributed by atoms with Crippen molar-refractivity contribution >= 4 is 23.2 Å². The molecule has 198 valence electrons. The highest BCUT2D eigenvalue weighted by molar-refractivity contribution is 6.38. The van der Waals surface area contributed by atoms with Gasteiger partial charge in [0.2, 0.25) is 5.78 Å². The van der Waals surface area contributed by atoms with Gasteiger partial charge in [-0.2, -0.15) is 5.10 Å². The molecule has 2 aliphatic heterocycles. The lowest BCUT2D eigenvalue weighted by Crippen LogP contribution is -2.51. The summed E-state index contributed by atoms with van der Waals surface area (Å²) in [5, 5.41) is 7.59. The van der Waals surface area contributed by atoms with E-state index in [0.29, 0.717) is 54.8 Å². The second kappa shape index (κ2) is 10.2. The Morgan fingerprint density at radius 2 is 1.77 bits per heavy atom. The van der Waals surface area contributed by atoms with E-state index in [1.54, 1.807) is 35.2 Å². The molecule has 4 aromatic rings. The minimum absolute atomic E-state index is 0.275. The topological polar surface area (TPSA) is 118 Å². The van der Waals surface area contributed by atoms with Crippen LogP contribution in [0, 0.1) is 6.92 Å². The minimum atomic E-state index is -0.688. The van der Waals surface area contributed by atoms with Gasteiger partial charge in [-0.15, -0.1) is 0 Å². The van der Waals surface area contributed by atoms with Gasteiger partial charge in [-0.3, -0.25) is 9.59 Å². The van der Waals surface area contributed by atoms with E-state index < -0.39 is 17.6 Å². The number of piperazine rings is 1. The van der Waals surface area contributed by atoms with E-state index in [9.17, 15) is 9.59 Å². The summed E-state index contributed by atoms with van der Waals surface area (Å²) in [5.74, 6) is 0.792. The van der Waals surface area contributed by atoms with Crippen LogP contribution in [0.15, 0.2) is 61.2 Å². The van der Waals surface area contributed by atoms with E-state index in [-0.39, 0.29) is 6.54 Å². The van der Waals surface area contributed by atoms with E-state index in [1.807, 2.05) is 24.3 Å². The average molecular weight is 525 g/mol. The van der Waals surface area contributed by atoms with Crippen LogP contribution in [-0.2, 0) is 9.59 Å². The number of Topliss-reactive ketones (excluding diaryl/α,β-unsaturated/α-hetero) is 1. The first-order chi connectivity index (χ1) is 19.0. The Balaban J connectivity index is 1.19. The standard InChI is InChI=1S/C28H28N8O3/c1-18-32-17-36(33-18)27-24-23(22(39-2)16-31-27)21(15-30-24)25(37)28(38)35-13-11-34(12-14-35)26-20(9-6-10-29-26)19-7-4-3-5-8-19/h3-10,16-17,21,30H,11-15H2,1-2H3. The largest absolute Gasteiger partial charge is 0.495 e. The molecule has 39 heavy (non-hydrogen) atoms. The van der Waals surface area contributed by atoms with Gasteiger partial charge in [0.15, 0.2) is 5.82 Å². The maximum absolute atomic E-state index is 13.6. The van der Waals surface area contributed by atoms with Gasteiger partial charge in [0.25, 0.3) is 5.91 Å². The minimum Gasteiger partial charge on any atom is -0.495 e. The van der Waals surface area contributed by atoms with E-state index in [2.05, 4.69) is 48.5 Å². The Labute approximate surface area is 225 Å². The van der Waals surface area contributed by atoms with Crippen molar-refractivity contribution in [2.45, 2.75) is 12.8 Å². The zero-order valence-corrected chi connectivity index (χ0v) is 21.7. The quantitative estimate of drug-likeness (QED) is 0.380. The molecule has 0 aliphatic carbocycles. The van der Waals surface area contributed by atoms with E-state index >= 15 is 0 Å². The molecule has 2 aliphatic rings. The lowest BCUT2D eigenvalue weighted by molar-refractivity contribution is -0.145. The van der Waals surface area contributed by atoms with Gasteiger partial charge in [-0.1, -0.05) is 30.3 Å². The van der Waals surface area contributed by atoms with Crippen molar-refractivity contribution in [3.8, 4) is 22.7 Å². The molecule has 11 nitrogen and oxygen atoms in total. The molecule has 1 saturated heterocycles. The zero-order valence-electron chi connectivity index (χ0n) is 21.7. The zero-order chi connectivity index (χ0) is 26.9. The van der Waals surface area contributed by atoms with Crippen molar-refractivity contribution < 1.29 is 14.3 Å². The van der Waals surface area contributed by atoms with Crippen molar-refractivity contribution in [2.75, 3.05) is 50.1 Å². The first kappa shape index (κ1) is 24.5. The molecule has 0 spiro atoms. The smallest absolute Gasteiger partial charge is 0.290 e. The highest BCUT2D eigenvalue weighted by Gasteiger charge is 2.40. The fraction of sp³-hybridized carbons (Fsp3) is 0.286. The fourth-order valence-electron chi connectivity index (χ4n) is 5.25. The summed E-state index contributed by atoms with van der Waals surface area (Å²) in [6.45, 7) is 4.08. The summed E-state index contributed by atoms with van der Waals surface area (Å²) in [6, 6.07) is 14.1. The Morgan fingerprint density at radius 1 is 0.974 bits per heavy atom. The number of aromatic nitrogens is 5. The average Bonchev–Trinajstić information content (AvgIpc) is 3.63. The summed E-state index contributed by atoms with van der Waals surface area (Å²) in [7, 11) is 1.53. The summed E-state index contributed by atoms with van der Waals surface area (Å²) < 4.78 is 7.08. The number of benzene rings is 1. The molecule has 1 unspecified atom stereocenters. The first-order valence-corrected chi connectivity index (χ1v) is 12.8. The van der Waals surface area contributed by atoms with Crippen LogP contribution in [-0.4, -0.2) is 81.2 Å². The second-order valence-electron chi connectivity index (χ2n) is 9.49. The van der Waals surface area contributed by atoms with Gasteiger partial charge in [0.05, 0.1) is 24.9 Å². The molecule has 1 fully saturated rings. The molecule has 1 N–H and O–H groups in total. The predicted octanol–water partition coefficient (Wildman–Crippen LogP) is 2.47. The molecule has 11 heteroatoms. The van der Waals surface area contributed by atoms with Crippen LogP contribution >= 0.6 is 0 Å². The van der Waals surface area contributed by atoms with Crippen LogP contribution < -0.4 is 15.0 Å². The highest BCUT2D eigenvalue weighted by atomic mass is 16.5. The number of hydrogen-bond donors (Lipinski definition) is 1. The number of ketones is 1. The third-order valence-electron chi connectivity index (χ3n) is 7.20. The number of carbonyl (C=O) groups excluding carboxylic acids is 2. The Bertz CT molecular complexity index is 1530. The van der Waals surface area contributed by atoms with Gasteiger partial charge >= 0.3 is 0 Å². The summed E-state index contributed by atoms with van der Waals surface area (Å²) >= 11 is 0. The maximum Gasteiger partial charge on any atom is 0.290 e. The second-order valence-corrected chi connectivity index (χ2v) is 9.49. The third kappa shape index (κ3) is 4.45. The van der Waals surface area contributed by atoms with E-state index in [0.717, 1.165) is 16.9 Å². The molecule has 0 radical (unpaired) electrons. The number of amides is 1. The summed E-state index contributed by atoms with van der Waals surface area (Å²) in [5.41, 5.74) is 3.37. The molecule has 3 aromatic heterocycles. The van der Waals surface area contributed by atoms with Crippen LogP contribution in [0.1, 0.15) is 17.3 Å². The number of nitrogens with one attached hydrogen (secondary N) is 1. The van der Waals surface area contributed by atoms with Gasteiger partial charge in [0, 0.05) is 50.0 Å². The Morgan fingerprint density at radius 3 is 2.49 bits per heavy atom. The number of nitrogens with zero attached hydrogens (tertiary/aromatic N) is 7. The lowest BCUT2D eigenvalue weighted by atomic mass is 9.95. The number of carbonyl (C=O) groups is 2. The van der Waals surface area contributed by atoms with Crippen LogP contribution in [0.2, 0.25) is 0 Å². The van der Waals surface area contributed by atoms with E-state index in [4.69, 9.17) is 4.74 Å². The number of hydrogen-bond acceptors (Lipinski definition) is 9. The molecule has 5 heterocycles. The molecule has 1 amide bonds. The van der Waals surface area contributed by atoms with Crippen LogP contribution in [0.25, 0.3) is 16.9 Å². The first-order valence-electron chi connectivity index (χ1n) is 12.8. The molecule has 0 saturated carbocycles. The number of aryl methyl sites for hydroxylation is 1. The lowest BCUT2D eigenvalue weighted by Gasteiger charge is -2.36. The van der Waals surface area contributed by atoms with Crippen molar-refractivity contribution in [1.82, 2.24) is 29.6 Å². The van der Waals surface area contributed by atoms with Crippen LogP contribution in [0.3, 0.4) is 0 Å². The Kier molecular flexibility index (Phi) is 6.39. The number of methoxy groups -OCH3 is 1. The van der Waals surface area contributed by atoms with Gasteiger partial charge in [-0.25, -0.2) is 19.6 Å². The van der Waals surface area contributed by atoms with Gasteiger partial charge < -0.3 is 19.9 Å². The normalized spacial score (nSPS) is 16.5. The van der Waals surface area contributed by atoms with Gasteiger partial charge in [-0.05, 0) is 24.6 Å². The monoisotopic (exact) mass is 524 g/mol. The predicted molar refractivity (Wildman–Crippen MR) is 145 cm³/mol. The van der Waals surface area contributed by atoms with Crippen molar-refractivity contribution in [3.05, 3.63) is 72.6 Å². The summed E-state index contributed by atoms with van der Waals surface area (Å²) in [6.07, 6.45) is 4.90. The fourth-order valence-corrected chi connectivity index (χ4v) is 5.25. The molecule has 1 aromatic carbocycles. The van der Waals surface area contributed by atoms with Crippen molar-refractivity contribution in [3.63, 3.8) is 0 Å². The SMILES string of the molecule is COc1cnc(-n2cnc(C)n2)c2c1C(C(=O)C(=O)N1CCN(c3ncccc3-c3ccccc3)CC1)CN2. The molecular weight excluding hydrogens is 496 g/mol. The number of ether oxygens (including phenoxy) is 1. The van der Waals surface area contributed by atoms with Crippen LogP contribution in [0.5, 0.6) is 5.75 Å². The van der Waals surface area contributed by atoms with E-state index in [1.165, 1.54) is 7.11 Å². The number of pyridine rings is 2.